The molecule has 1 aromatic rings. The van der Waals surface area contributed by atoms with E-state index in [4.69, 9.17) is 0 Å². The van der Waals surface area contributed by atoms with Gasteiger partial charge in [-0.2, -0.15) is 9.55 Å². The molecule has 1 aromatic carbocycles. The molecule has 14 heteroatoms. The van der Waals surface area contributed by atoms with Crippen LogP contribution in [0, 0.1) is 13.8 Å². The molecule has 0 radical (unpaired) electrons. The lowest BCUT2D eigenvalue weighted by atomic mass is 9.87. The smallest absolute Gasteiger partial charge is 0.359 e. The highest BCUT2D eigenvalue weighted by Crippen LogP contribution is 2.34. The molecule has 0 saturated carbocycles. The van der Waals surface area contributed by atoms with Gasteiger partial charge in [0.15, 0.2) is 34.5 Å². The van der Waals surface area contributed by atoms with Gasteiger partial charge in [0.25, 0.3) is 5.56 Å². The van der Waals surface area contributed by atoms with Gasteiger partial charge in [0.05, 0.1) is 24.2 Å². The van der Waals surface area contributed by atoms with E-state index in [9.17, 15) is 49.2 Å². The normalized spacial score (nSPS) is 14.7. The SMILES string of the molecule is CC(=O)c1c(C)c(C)c(C(C)=O)c2c1nc1c(=O)n(C(C)=O)c(=O)nc-1n2CC(O)(C(C)=O)C(O)C(O)CO. The van der Waals surface area contributed by atoms with Crippen molar-refractivity contribution >= 4 is 34.3 Å². The minimum absolute atomic E-state index is 0.0227. The van der Waals surface area contributed by atoms with Gasteiger partial charge in [0.2, 0.25) is 5.91 Å². The van der Waals surface area contributed by atoms with Crippen LogP contribution in [-0.2, 0) is 11.3 Å². The van der Waals surface area contributed by atoms with E-state index in [1.54, 1.807) is 6.92 Å². The molecule has 0 spiro atoms. The minimum atomic E-state index is -2.86. The summed E-state index contributed by atoms with van der Waals surface area (Å²) in [7, 11) is 0. The minimum Gasteiger partial charge on any atom is -0.394 e. The van der Waals surface area contributed by atoms with Crippen LogP contribution in [0.15, 0.2) is 9.59 Å². The van der Waals surface area contributed by atoms with Gasteiger partial charge >= 0.3 is 5.69 Å². The number of fused-ring (bicyclic) bond motifs is 2. The number of aliphatic hydroxyl groups excluding tert-OH is 3. The summed E-state index contributed by atoms with van der Waals surface area (Å²) in [4.78, 5) is 84.3. The number of benzene rings is 1. The van der Waals surface area contributed by atoms with Crippen LogP contribution in [0.5, 0.6) is 0 Å². The van der Waals surface area contributed by atoms with Crippen molar-refractivity contribution in [1.29, 1.82) is 0 Å². The van der Waals surface area contributed by atoms with Crippen molar-refractivity contribution in [3.63, 3.8) is 0 Å². The Balaban J connectivity index is 2.75. The standard InChI is InChI=1S/C25H28N4O10/c1-9-10(2)17(12(4)32)20-18(16(9)11(3)31)26-19-22(27-24(38)29(14(6)34)23(19)37)28(20)8-25(39,13(5)33)21(36)15(35)7-30/h15,21,30,35-36,39H,7-8H2,1-6H3. The van der Waals surface area contributed by atoms with Gasteiger partial charge in [0.1, 0.15) is 12.2 Å². The molecule has 0 aliphatic carbocycles. The van der Waals surface area contributed by atoms with E-state index in [0.717, 1.165) is 18.4 Å². The summed E-state index contributed by atoms with van der Waals surface area (Å²) in [5.74, 6) is -3.71. The summed E-state index contributed by atoms with van der Waals surface area (Å²) in [6.07, 6.45) is -4.28. The van der Waals surface area contributed by atoms with E-state index in [1.807, 2.05) is 0 Å². The largest absolute Gasteiger partial charge is 0.394 e. The zero-order valence-electron chi connectivity index (χ0n) is 22.1. The first-order valence-corrected chi connectivity index (χ1v) is 11.7. The predicted molar refractivity (Wildman–Crippen MR) is 135 cm³/mol. The molecule has 0 saturated heterocycles. The van der Waals surface area contributed by atoms with Gasteiger partial charge < -0.3 is 25.0 Å². The van der Waals surface area contributed by atoms with Crippen LogP contribution < -0.4 is 11.2 Å². The quantitative estimate of drug-likeness (QED) is 0.194. The van der Waals surface area contributed by atoms with Crippen molar-refractivity contribution < 1.29 is 39.6 Å². The number of hydrogen-bond acceptors (Lipinski definition) is 12. The summed E-state index contributed by atoms with van der Waals surface area (Å²) in [5, 5.41) is 41.4. The van der Waals surface area contributed by atoms with Gasteiger partial charge in [-0.3, -0.25) is 24.0 Å². The van der Waals surface area contributed by atoms with E-state index in [2.05, 4.69) is 9.97 Å². The average Bonchev–Trinajstić information content (AvgIpc) is 2.83. The maximum Gasteiger partial charge on any atom is 0.359 e. The number of aliphatic hydroxyl groups is 4. The Morgan fingerprint density at radius 2 is 1.46 bits per heavy atom. The number of hydrogen-bond donors (Lipinski definition) is 4. The molecule has 0 aromatic heterocycles. The van der Waals surface area contributed by atoms with Gasteiger partial charge in [-0.15, -0.1) is 0 Å². The van der Waals surface area contributed by atoms with Crippen LogP contribution in [0.25, 0.3) is 22.6 Å². The lowest BCUT2D eigenvalue weighted by Gasteiger charge is -2.35. The van der Waals surface area contributed by atoms with E-state index < -0.39 is 77.0 Å². The maximum atomic E-state index is 13.2. The Morgan fingerprint density at radius 3 is 1.92 bits per heavy atom. The van der Waals surface area contributed by atoms with Gasteiger partial charge in [-0.1, -0.05) is 0 Å². The van der Waals surface area contributed by atoms with Crippen LogP contribution in [0.4, 0.5) is 0 Å². The number of ketones is 3. The maximum absolute atomic E-state index is 13.2. The van der Waals surface area contributed by atoms with Crippen LogP contribution in [-0.4, -0.2) is 87.2 Å². The lowest BCUT2D eigenvalue weighted by molar-refractivity contribution is -0.166. The van der Waals surface area contributed by atoms with Crippen molar-refractivity contribution in [2.75, 3.05) is 6.61 Å². The third kappa shape index (κ3) is 4.61. The number of Topliss-reactive ketones (excluding diaryl/α,β-unsaturated/α-hetero) is 3. The highest BCUT2D eigenvalue weighted by molar-refractivity contribution is 6.14. The molecule has 4 N–H and O–H groups in total. The molecular formula is C25H28N4O10. The highest BCUT2D eigenvalue weighted by atomic mass is 16.4. The number of rotatable bonds is 8. The predicted octanol–water partition coefficient (Wildman–Crippen LogP) is -1.23. The Hall–Kier alpha value is -3.98. The van der Waals surface area contributed by atoms with Gasteiger partial charge in [0, 0.05) is 18.1 Å². The molecular weight excluding hydrogens is 516 g/mol. The van der Waals surface area contributed by atoms with Gasteiger partial charge in [-0.25, -0.2) is 9.78 Å². The Bertz CT molecular complexity index is 1650. The molecule has 3 rings (SSSR count). The summed E-state index contributed by atoms with van der Waals surface area (Å²) in [6.45, 7) is 5.27. The third-order valence-electron chi connectivity index (χ3n) is 6.84. The van der Waals surface area contributed by atoms with Crippen molar-refractivity contribution in [2.45, 2.75) is 65.9 Å². The summed E-state index contributed by atoms with van der Waals surface area (Å²) >= 11 is 0. The Morgan fingerprint density at radius 1 is 0.923 bits per heavy atom. The van der Waals surface area contributed by atoms with Crippen molar-refractivity contribution in [3.05, 3.63) is 43.1 Å². The highest BCUT2D eigenvalue weighted by Gasteiger charge is 2.46. The van der Waals surface area contributed by atoms with Crippen LogP contribution in [0.3, 0.4) is 0 Å². The zero-order valence-corrected chi connectivity index (χ0v) is 22.1. The van der Waals surface area contributed by atoms with Crippen LogP contribution >= 0.6 is 0 Å². The second-order valence-corrected chi connectivity index (χ2v) is 9.41. The van der Waals surface area contributed by atoms with Crippen molar-refractivity contribution in [3.8, 4) is 11.5 Å². The molecule has 39 heavy (non-hydrogen) atoms. The van der Waals surface area contributed by atoms with E-state index >= 15 is 0 Å². The topological polar surface area (TPSA) is 219 Å². The zero-order chi connectivity index (χ0) is 29.7. The summed E-state index contributed by atoms with van der Waals surface area (Å²) in [6, 6.07) is 0. The second kappa shape index (κ2) is 10.3. The van der Waals surface area contributed by atoms with E-state index in [-0.39, 0.29) is 26.7 Å². The van der Waals surface area contributed by atoms with Crippen molar-refractivity contribution in [2.24, 2.45) is 0 Å². The average molecular weight is 545 g/mol. The number of aromatic nitrogens is 4. The summed E-state index contributed by atoms with van der Waals surface area (Å²) in [5.41, 5.74) is -5.84. The third-order valence-corrected chi connectivity index (χ3v) is 6.84. The Kier molecular flexibility index (Phi) is 7.81. The number of nitrogens with zero attached hydrogens (tertiary/aromatic N) is 4. The molecule has 0 amide bonds. The molecule has 2 heterocycles. The fourth-order valence-electron chi connectivity index (χ4n) is 4.69. The molecule has 0 fully saturated rings. The Labute approximate surface area is 220 Å². The van der Waals surface area contributed by atoms with Crippen LogP contribution in [0.1, 0.15) is 64.3 Å². The number of carbonyl (C=O) groups is 4. The fourth-order valence-corrected chi connectivity index (χ4v) is 4.69. The van der Waals surface area contributed by atoms with Crippen LogP contribution in [0.2, 0.25) is 0 Å². The summed E-state index contributed by atoms with van der Waals surface area (Å²) < 4.78 is 1.11. The van der Waals surface area contributed by atoms with E-state index in [0.29, 0.717) is 11.1 Å². The molecule has 3 unspecified atom stereocenters. The first kappa shape index (κ1) is 29.6. The molecule has 2 aliphatic heterocycles. The van der Waals surface area contributed by atoms with Crippen molar-refractivity contribution in [1.82, 2.24) is 19.1 Å². The molecule has 14 nitrogen and oxygen atoms in total. The second-order valence-electron chi connectivity index (χ2n) is 9.41. The monoisotopic (exact) mass is 544 g/mol. The molecule has 208 valence electrons. The molecule has 2 aliphatic rings. The van der Waals surface area contributed by atoms with E-state index in [1.165, 1.54) is 20.8 Å². The molecule has 3 atom stereocenters. The molecule has 0 bridgehead atoms. The fraction of sp³-hybridized carbons (Fsp3) is 0.440. The lowest BCUT2D eigenvalue weighted by Crippen LogP contribution is -2.57. The first-order valence-electron chi connectivity index (χ1n) is 11.7. The number of carbonyl (C=O) groups excluding carboxylic acids is 4. The van der Waals surface area contributed by atoms with Gasteiger partial charge in [-0.05, 0) is 45.7 Å². The first-order chi connectivity index (χ1) is 18.0.